The van der Waals surface area contributed by atoms with E-state index in [0.717, 1.165) is 6.42 Å². The van der Waals surface area contributed by atoms with E-state index in [1.54, 1.807) is 14.0 Å². The molecule has 0 aromatic heterocycles. The quantitative estimate of drug-likeness (QED) is 0.0652. The molecular weight excluding hydrogens is 1040 g/mol. The number of hydrogen-bond donors (Lipinski definition) is 0. The van der Waals surface area contributed by atoms with Crippen LogP contribution in [0.5, 0.6) is 0 Å². The second-order valence-electron chi connectivity index (χ2n) is 24.6. The Labute approximate surface area is 499 Å². The second kappa shape index (κ2) is 42.8. The zero-order valence-corrected chi connectivity index (χ0v) is 55.9. The number of rotatable bonds is 29. The first-order valence-electron chi connectivity index (χ1n) is 30.6. The lowest BCUT2D eigenvalue weighted by atomic mass is 9.85. The lowest BCUT2D eigenvalue weighted by molar-refractivity contribution is -0.131. The van der Waals surface area contributed by atoms with Gasteiger partial charge in [0, 0.05) is 38.5 Å². The molecule has 4 fully saturated rings. The van der Waals surface area contributed by atoms with E-state index in [1.807, 2.05) is 164 Å². The van der Waals surface area contributed by atoms with Crippen molar-refractivity contribution in [3.63, 3.8) is 0 Å². The summed E-state index contributed by atoms with van der Waals surface area (Å²) in [6.07, 6.45) is 2.83. The summed E-state index contributed by atoms with van der Waals surface area (Å²) in [7, 11) is 19.1. The average Bonchev–Trinajstić information content (AvgIpc) is 4.08. The third-order valence-electron chi connectivity index (χ3n) is 12.6. The first-order valence-corrected chi connectivity index (χ1v) is 30.6. The van der Waals surface area contributed by atoms with E-state index in [-0.39, 0.29) is 158 Å². The Morgan fingerprint density at radius 3 is 1.43 bits per heavy atom. The molecule has 0 saturated carbocycles. The van der Waals surface area contributed by atoms with Crippen molar-refractivity contribution in [2.24, 2.45) is 5.92 Å². The molecule has 17 nitrogen and oxygen atoms in total. The van der Waals surface area contributed by atoms with Crippen LogP contribution in [0, 0.1) is 5.92 Å². The molecule has 4 heterocycles. The smallest absolute Gasteiger partial charge is 0.219 e. The Morgan fingerprint density at radius 1 is 0.531 bits per heavy atom. The molecule has 4 rings (SSSR count). The molecule has 0 N–H and O–H groups in total. The van der Waals surface area contributed by atoms with Crippen LogP contribution in [0.2, 0.25) is 6.32 Å². The zero-order valence-electron chi connectivity index (χ0n) is 55.9. The molecule has 0 aromatic rings. The van der Waals surface area contributed by atoms with Crippen LogP contribution < -0.4 is 0 Å². The first kappa shape index (κ1) is 80.1. The van der Waals surface area contributed by atoms with Crippen molar-refractivity contribution in [1.82, 2.24) is 4.90 Å². The molecule has 6 radical (unpaired) electrons. The second-order valence-corrected chi connectivity index (χ2v) is 24.6. The Bertz CT molecular complexity index is 1550. The minimum absolute atomic E-state index is 0.00486. The van der Waals surface area contributed by atoms with E-state index < -0.39 is 6.00 Å². The fourth-order valence-corrected chi connectivity index (χ4v) is 9.22. The lowest BCUT2D eigenvalue weighted by Crippen LogP contribution is -2.42. The summed E-state index contributed by atoms with van der Waals surface area (Å²) in [5.74, 6) is 0.304. The standard InChI is InChI=1S/C14H27BO4.C13H25BO3.C13H25NO3.C12H24O4.C9H19BO2/c1-8(2)16-7-11-12(17-9(3)4)13(14(15)19-11)18-10(5)6;1-7(2)15-10(6)12-11(16-8(3)4)9(5)13(14)17-12;1-9(2)16-8-12-6-13(17-10(3)4)7-14(12)11(5)15;1-8(2)14-7-11-12(16-9(3)4)10(13-5)6-15-11;1-7(2)11-6-9(5-10)12-8(3)4/h8-14H,7H2,1-6H3;7-13H,1-6H3;9-10,12-13H,6-8H2,1-5H3;8-12H,6-7H2,1-5H3;7-9H,5-6H2,1-4H3/t11-,12+,13?,14-;9?,10?,11-,12-,13-;12-,13+;10?,11-,12-;/m1101./s1. The largest absolute Gasteiger partial charge is 0.379 e. The fourth-order valence-electron chi connectivity index (χ4n) is 9.22. The van der Waals surface area contributed by atoms with E-state index in [0.29, 0.717) is 45.9 Å². The van der Waals surface area contributed by atoms with E-state index >= 15 is 0 Å². The van der Waals surface area contributed by atoms with E-state index in [1.165, 1.54) is 0 Å². The van der Waals surface area contributed by atoms with Crippen molar-refractivity contribution < 1.29 is 75.8 Å². The highest BCUT2D eigenvalue weighted by atomic mass is 16.6. The number of ether oxygens (including phenoxy) is 15. The summed E-state index contributed by atoms with van der Waals surface area (Å²) < 4.78 is 85.3. The molecule has 4 saturated heterocycles. The SMILES string of the molecule is CC(=O)N1C[C@H](OC(C)C)C[C@H]1COC(C)C.COC1CO[C@H](COC(C)C)[C@@H]1OC(C)C.[B]CC(COC(C)C)OC(C)C.[B][C@@H]1O[C@H](C(C)OC(C)C)[C@H](OC(C)C)C1C.[B][C@@H]1O[C@H](COC(C)C)[C@H](OC(C)C)C1OC(C)C. The van der Waals surface area contributed by atoms with Crippen molar-refractivity contribution in [1.29, 1.82) is 0 Å². The van der Waals surface area contributed by atoms with Crippen molar-refractivity contribution >= 4 is 29.4 Å². The molecule has 4 aliphatic rings. The minimum atomic E-state index is -0.466. The van der Waals surface area contributed by atoms with Crippen LogP contribution in [0.1, 0.15) is 180 Å². The zero-order chi connectivity index (χ0) is 62.4. The maximum atomic E-state index is 11.5. The summed E-state index contributed by atoms with van der Waals surface area (Å²) in [6, 6.07) is -0.562. The molecule has 15 atom stereocenters. The van der Waals surface area contributed by atoms with Gasteiger partial charge < -0.3 is 76.0 Å². The predicted molar refractivity (Wildman–Crippen MR) is 325 cm³/mol. The van der Waals surface area contributed by atoms with Crippen molar-refractivity contribution in [2.45, 2.75) is 338 Å². The van der Waals surface area contributed by atoms with Gasteiger partial charge in [0.2, 0.25) is 5.91 Å². The summed E-state index contributed by atoms with van der Waals surface area (Å²) in [5.41, 5.74) is 0. The number of likely N-dealkylation sites (tertiary alicyclic amines) is 1. The molecule has 0 bridgehead atoms. The third-order valence-corrected chi connectivity index (χ3v) is 12.6. The maximum Gasteiger partial charge on any atom is 0.219 e. The topological polar surface area (TPSA) is 159 Å². The molecule has 0 spiro atoms. The van der Waals surface area contributed by atoms with Gasteiger partial charge in [-0.15, -0.1) is 0 Å². The Balaban J connectivity index is 0.000000995. The Hall–Kier alpha value is -0.935. The number of nitrogens with zero attached hydrogens (tertiary/aromatic N) is 1. The number of hydrogen-bond acceptors (Lipinski definition) is 16. The molecule has 5 unspecified atom stereocenters. The van der Waals surface area contributed by atoms with Crippen LogP contribution in [0.3, 0.4) is 0 Å². The van der Waals surface area contributed by atoms with Gasteiger partial charge in [-0.1, -0.05) is 13.2 Å². The van der Waals surface area contributed by atoms with Crippen LogP contribution in [-0.2, 0) is 75.8 Å². The van der Waals surface area contributed by atoms with Crippen molar-refractivity contribution in [3.8, 4) is 0 Å². The van der Waals surface area contributed by atoms with Gasteiger partial charge in [-0.25, -0.2) is 0 Å². The monoisotopic (exact) mass is 1160 g/mol. The molecular formula is C61H120B3NO16. The van der Waals surface area contributed by atoms with Gasteiger partial charge >= 0.3 is 0 Å². The van der Waals surface area contributed by atoms with Crippen LogP contribution in [-0.4, -0.2) is 233 Å². The van der Waals surface area contributed by atoms with Crippen LogP contribution in [0.15, 0.2) is 0 Å². The highest BCUT2D eigenvalue weighted by Crippen LogP contribution is 2.32. The fraction of sp³-hybridized carbons (Fsp3) is 0.984. The third kappa shape index (κ3) is 34.9. The molecule has 20 heteroatoms. The van der Waals surface area contributed by atoms with Gasteiger partial charge in [0.25, 0.3) is 0 Å². The highest BCUT2D eigenvalue weighted by molar-refractivity contribution is 6.11. The lowest BCUT2D eigenvalue weighted by Gasteiger charge is -2.29. The van der Waals surface area contributed by atoms with E-state index in [9.17, 15) is 4.79 Å². The van der Waals surface area contributed by atoms with Gasteiger partial charge in [-0.05, 0) is 166 Å². The number of carbonyl (C=O) groups excluding carboxylic acids is 1. The molecule has 4 aliphatic heterocycles. The van der Waals surface area contributed by atoms with Crippen LogP contribution in [0.4, 0.5) is 0 Å². The minimum Gasteiger partial charge on any atom is -0.379 e. The number of amides is 1. The molecule has 0 aliphatic carbocycles. The Morgan fingerprint density at radius 2 is 0.988 bits per heavy atom. The van der Waals surface area contributed by atoms with Gasteiger partial charge in [0.05, 0.1) is 138 Å². The maximum absolute atomic E-state index is 11.5. The van der Waals surface area contributed by atoms with Crippen molar-refractivity contribution in [2.75, 3.05) is 46.7 Å². The van der Waals surface area contributed by atoms with Gasteiger partial charge in [0.15, 0.2) is 0 Å². The van der Waals surface area contributed by atoms with Gasteiger partial charge in [0.1, 0.15) is 58.4 Å². The molecule has 0 aromatic carbocycles. The van der Waals surface area contributed by atoms with Crippen LogP contribution >= 0.6 is 0 Å². The van der Waals surface area contributed by atoms with Gasteiger partial charge in [-0.3, -0.25) is 4.79 Å². The molecule has 474 valence electrons. The molecule has 1 amide bonds. The van der Waals surface area contributed by atoms with Crippen molar-refractivity contribution in [3.05, 3.63) is 0 Å². The normalized spacial score (nSPS) is 28.4. The average molecular weight is 1160 g/mol. The van der Waals surface area contributed by atoms with Crippen LogP contribution in [0.25, 0.3) is 0 Å². The van der Waals surface area contributed by atoms with E-state index in [4.69, 9.17) is 94.6 Å². The summed E-state index contributed by atoms with van der Waals surface area (Å²) in [5, 5.41) is 0. The summed E-state index contributed by atoms with van der Waals surface area (Å²) in [4.78, 5) is 13.4. The Kier molecular flexibility index (Phi) is 42.3. The predicted octanol–water partition coefficient (Wildman–Crippen LogP) is 9.25. The molecule has 81 heavy (non-hydrogen) atoms. The summed E-state index contributed by atoms with van der Waals surface area (Å²) >= 11 is 0. The summed E-state index contributed by atoms with van der Waals surface area (Å²) in [6.45, 7) is 53.4. The number of methoxy groups -OCH3 is 1. The number of carbonyl (C=O) groups is 1. The highest BCUT2D eigenvalue weighted by Gasteiger charge is 2.46. The van der Waals surface area contributed by atoms with Gasteiger partial charge in [-0.2, -0.15) is 0 Å². The van der Waals surface area contributed by atoms with E-state index in [2.05, 4.69) is 6.92 Å². The first-order chi connectivity index (χ1) is 37.6.